The summed E-state index contributed by atoms with van der Waals surface area (Å²) in [6.45, 7) is 2.33. The first-order valence-electron chi connectivity index (χ1n) is 5.22. The van der Waals surface area contributed by atoms with E-state index in [4.69, 9.17) is 5.26 Å². The molecule has 0 saturated carbocycles. The van der Waals surface area contributed by atoms with Crippen LogP contribution in [0, 0.1) is 11.3 Å². The molecule has 0 atom stereocenters. The lowest BCUT2D eigenvalue weighted by Gasteiger charge is -2.06. The Balaban J connectivity index is 2.37. The van der Waals surface area contributed by atoms with Crippen molar-refractivity contribution in [2.24, 2.45) is 0 Å². The van der Waals surface area contributed by atoms with E-state index in [1.807, 2.05) is 30.3 Å². The van der Waals surface area contributed by atoms with Crippen LogP contribution in [0.2, 0.25) is 0 Å². The highest BCUT2D eigenvalue weighted by molar-refractivity contribution is 5.80. The van der Waals surface area contributed by atoms with Crippen LogP contribution < -0.4 is 10.6 Å². The molecule has 0 unspecified atom stereocenters. The quantitative estimate of drug-likeness (QED) is 0.731. The van der Waals surface area contributed by atoms with Crippen LogP contribution in [-0.2, 0) is 11.2 Å². The van der Waals surface area contributed by atoms with E-state index in [0.29, 0.717) is 0 Å². The molecule has 1 aromatic carbocycles. The number of nitrogens with one attached hydrogen (secondary N) is 2. The van der Waals surface area contributed by atoms with Crippen LogP contribution >= 0.6 is 0 Å². The van der Waals surface area contributed by atoms with Crippen LogP contribution in [0.4, 0.5) is 5.69 Å². The van der Waals surface area contributed by atoms with E-state index in [1.165, 1.54) is 5.56 Å². The summed E-state index contributed by atoms with van der Waals surface area (Å²) in [7, 11) is 0. The highest BCUT2D eigenvalue weighted by atomic mass is 16.1. The van der Waals surface area contributed by atoms with Crippen LogP contribution in [0.25, 0.3) is 0 Å². The third kappa shape index (κ3) is 4.01. The second-order valence-electron chi connectivity index (χ2n) is 3.34. The Morgan fingerprint density at radius 2 is 2.06 bits per heavy atom. The molecule has 0 bridgehead atoms. The van der Waals surface area contributed by atoms with Gasteiger partial charge in [0.15, 0.2) is 0 Å². The molecule has 2 N–H and O–H groups in total. The fourth-order valence-electron chi connectivity index (χ4n) is 1.24. The minimum absolute atomic E-state index is 0.0509. The second-order valence-corrected chi connectivity index (χ2v) is 3.34. The van der Waals surface area contributed by atoms with Crippen molar-refractivity contribution in [3.8, 4) is 6.07 Å². The number of carbonyl (C=O) groups excluding carboxylic acids is 1. The standard InChI is InChI=1S/C12H15N3O/c1-2-10-3-5-11(6-4-10)15-9-12(16)14-8-7-13/h3-6,15H,2,8-9H2,1H3,(H,14,16). The van der Waals surface area contributed by atoms with Gasteiger partial charge < -0.3 is 10.6 Å². The van der Waals surface area contributed by atoms with Gasteiger partial charge in [-0.1, -0.05) is 19.1 Å². The molecule has 1 aromatic rings. The summed E-state index contributed by atoms with van der Waals surface area (Å²) in [6.07, 6.45) is 1.00. The van der Waals surface area contributed by atoms with Gasteiger partial charge in [0, 0.05) is 5.69 Å². The van der Waals surface area contributed by atoms with Gasteiger partial charge in [-0.15, -0.1) is 0 Å². The smallest absolute Gasteiger partial charge is 0.240 e. The SMILES string of the molecule is CCc1ccc(NCC(=O)NCC#N)cc1. The lowest BCUT2D eigenvalue weighted by Crippen LogP contribution is -2.29. The molecular formula is C12H15N3O. The lowest BCUT2D eigenvalue weighted by molar-refractivity contribution is -0.119. The molecule has 16 heavy (non-hydrogen) atoms. The molecule has 0 saturated heterocycles. The van der Waals surface area contributed by atoms with Crippen LogP contribution in [0.3, 0.4) is 0 Å². The predicted octanol–water partition coefficient (Wildman–Crippen LogP) is 1.30. The topological polar surface area (TPSA) is 64.9 Å². The molecule has 4 nitrogen and oxygen atoms in total. The van der Waals surface area contributed by atoms with E-state index in [-0.39, 0.29) is 19.0 Å². The summed E-state index contributed by atoms with van der Waals surface area (Å²) >= 11 is 0. The lowest BCUT2D eigenvalue weighted by atomic mass is 10.1. The average molecular weight is 217 g/mol. The van der Waals surface area contributed by atoms with Crippen molar-refractivity contribution in [1.82, 2.24) is 5.32 Å². The van der Waals surface area contributed by atoms with E-state index in [1.54, 1.807) is 0 Å². The second kappa shape index (κ2) is 6.46. The summed E-state index contributed by atoms with van der Waals surface area (Å²) in [5.41, 5.74) is 2.17. The Hall–Kier alpha value is -2.02. The van der Waals surface area contributed by atoms with E-state index in [2.05, 4.69) is 17.6 Å². The maximum atomic E-state index is 11.2. The zero-order valence-corrected chi connectivity index (χ0v) is 9.29. The Morgan fingerprint density at radius 1 is 1.38 bits per heavy atom. The number of carbonyl (C=O) groups is 1. The first-order valence-corrected chi connectivity index (χ1v) is 5.22. The monoisotopic (exact) mass is 217 g/mol. The largest absolute Gasteiger partial charge is 0.376 e. The maximum absolute atomic E-state index is 11.2. The third-order valence-electron chi connectivity index (χ3n) is 2.18. The van der Waals surface area contributed by atoms with Crippen molar-refractivity contribution in [3.63, 3.8) is 0 Å². The van der Waals surface area contributed by atoms with Gasteiger partial charge in [-0.05, 0) is 24.1 Å². The molecule has 0 aliphatic rings. The zero-order valence-electron chi connectivity index (χ0n) is 9.29. The van der Waals surface area contributed by atoms with Gasteiger partial charge in [0.2, 0.25) is 5.91 Å². The molecule has 0 aromatic heterocycles. The Morgan fingerprint density at radius 3 is 2.62 bits per heavy atom. The summed E-state index contributed by atoms with van der Waals surface area (Å²) < 4.78 is 0. The molecule has 4 heteroatoms. The summed E-state index contributed by atoms with van der Waals surface area (Å²) in [6, 6.07) is 9.78. The minimum atomic E-state index is -0.180. The molecule has 0 spiro atoms. The summed E-state index contributed by atoms with van der Waals surface area (Å²) in [5.74, 6) is -0.180. The Bertz CT molecular complexity index is 378. The molecule has 0 fully saturated rings. The van der Waals surface area contributed by atoms with Crippen LogP contribution in [0.15, 0.2) is 24.3 Å². The highest BCUT2D eigenvalue weighted by Crippen LogP contribution is 2.09. The number of nitriles is 1. The van der Waals surface area contributed by atoms with E-state index < -0.39 is 0 Å². The first-order chi connectivity index (χ1) is 7.76. The van der Waals surface area contributed by atoms with Gasteiger partial charge in [-0.25, -0.2) is 0 Å². The van der Waals surface area contributed by atoms with Gasteiger partial charge in [0.25, 0.3) is 0 Å². The van der Waals surface area contributed by atoms with Gasteiger partial charge in [-0.3, -0.25) is 4.79 Å². The maximum Gasteiger partial charge on any atom is 0.240 e. The number of nitrogens with zero attached hydrogens (tertiary/aromatic N) is 1. The number of anilines is 1. The Kier molecular flexibility index (Phi) is 4.87. The number of benzene rings is 1. The third-order valence-corrected chi connectivity index (χ3v) is 2.18. The highest BCUT2D eigenvalue weighted by Gasteiger charge is 1.99. The van der Waals surface area contributed by atoms with Gasteiger partial charge in [-0.2, -0.15) is 5.26 Å². The van der Waals surface area contributed by atoms with E-state index >= 15 is 0 Å². The number of hydrogen-bond acceptors (Lipinski definition) is 3. The van der Waals surface area contributed by atoms with Crippen LogP contribution in [-0.4, -0.2) is 19.0 Å². The van der Waals surface area contributed by atoms with Crippen molar-refractivity contribution >= 4 is 11.6 Å². The average Bonchev–Trinajstić information content (AvgIpc) is 2.34. The molecule has 0 heterocycles. The number of aryl methyl sites for hydroxylation is 1. The molecule has 0 aliphatic heterocycles. The van der Waals surface area contributed by atoms with Gasteiger partial charge in [0.1, 0.15) is 6.54 Å². The van der Waals surface area contributed by atoms with Crippen molar-refractivity contribution in [2.45, 2.75) is 13.3 Å². The van der Waals surface area contributed by atoms with Crippen molar-refractivity contribution in [3.05, 3.63) is 29.8 Å². The van der Waals surface area contributed by atoms with Gasteiger partial charge >= 0.3 is 0 Å². The van der Waals surface area contributed by atoms with Crippen LogP contribution in [0.1, 0.15) is 12.5 Å². The van der Waals surface area contributed by atoms with E-state index in [0.717, 1.165) is 12.1 Å². The normalized spacial score (nSPS) is 9.25. The summed E-state index contributed by atoms with van der Waals surface area (Å²) in [4.78, 5) is 11.2. The first kappa shape index (κ1) is 12.1. The molecule has 0 radical (unpaired) electrons. The number of hydrogen-bond donors (Lipinski definition) is 2. The fraction of sp³-hybridized carbons (Fsp3) is 0.333. The van der Waals surface area contributed by atoms with Gasteiger partial charge in [0.05, 0.1) is 12.6 Å². The number of amides is 1. The van der Waals surface area contributed by atoms with Crippen molar-refractivity contribution in [2.75, 3.05) is 18.4 Å². The molecular weight excluding hydrogens is 202 g/mol. The molecule has 84 valence electrons. The Labute approximate surface area is 95.3 Å². The summed E-state index contributed by atoms with van der Waals surface area (Å²) in [5, 5.41) is 13.7. The molecule has 0 aliphatic carbocycles. The minimum Gasteiger partial charge on any atom is -0.376 e. The number of rotatable bonds is 5. The van der Waals surface area contributed by atoms with E-state index in [9.17, 15) is 4.79 Å². The predicted molar refractivity (Wildman–Crippen MR) is 62.9 cm³/mol. The molecule has 1 rings (SSSR count). The van der Waals surface area contributed by atoms with Crippen molar-refractivity contribution < 1.29 is 4.79 Å². The van der Waals surface area contributed by atoms with Crippen molar-refractivity contribution in [1.29, 1.82) is 5.26 Å². The molecule has 1 amide bonds. The fourth-order valence-corrected chi connectivity index (χ4v) is 1.24. The van der Waals surface area contributed by atoms with Crippen LogP contribution in [0.5, 0.6) is 0 Å². The zero-order chi connectivity index (χ0) is 11.8.